The van der Waals surface area contributed by atoms with Crippen LogP contribution in [0.15, 0.2) is 30.7 Å². The standard InChI is InChI=1S/C15H20N4/c1-12-10-17-18-15(12)14-4-2-3-9-19(14)11-13-5-7-16-8-6-13/h5-8,10,14H,2-4,9,11H2,1H3,(H,17,18)/t14-/m0/s1. The second kappa shape index (κ2) is 5.53. The number of aromatic nitrogens is 3. The van der Waals surface area contributed by atoms with Crippen molar-refractivity contribution in [2.75, 3.05) is 6.54 Å². The Balaban J connectivity index is 1.80. The minimum absolute atomic E-state index is 0.476. The molecular formula is C15H20N4. The Morgan fingerprint density at radius 3 is 2.89 bits per heavy atom. The Morgan fingerprint density at radius 2 is 2.16 bits per heavy atom. The van der Waals surface area contributed by atoms with Gasteiger partial charge in [-0.2, -0.15) is 5.10 Å². The second-order valence-corrected chi connectivity index (χ2v) is 5.30. The molecule has 0 bridgehead atoms. The number of H-pyrrole nitrogens is 1. The summed E-state index contributed by atoms with van der Waals surface area (Å²) in [5, 5.41) is 7.36. The number of nitrogens with zero attached hydrogens (tertiary/aromatic N) is 3. The van der Waals surface area contributed by atoms with Crippen LogP contribution >= 0.6 is 0 Å². The molecule has 0 radical (unpaired) electrons. The van der Waals surface area contributed by atoms with E-state index in [2.05, 4.69) is 39.1 Å². The van der Waals surface area contributed by atoms with Crippen molar-refractivity contribution in [1.82, 2.24) is 20.1 Å². The maximum absolute atomic E-state index is 4.18. The molecule has 100 valence electrons. The summed E-state index contributed by atoms with van der Waals surface area (Å²) in [6, 6.07) is 4.68. The van der Waals surface area contributed by atoms with E-state index in [1.807, 2.05) is 18.6 Å². The number of nitrogens with one attached hydrogen (secondary N) is 1. The molecule has 0 saturated carbocycles. The Hall–Kier alpha value is -1.68. The Labute approximate surface area is 113 Å². The molecule has 1 fully saturated rings. The van der Waals surface area contributed by atoms with Gasteiger partial charge in [0.25, 0.3) is 0 Å². The van der Waals surface area contributed by atoms with Crippen LogP contribution in [-0.2, 0) is 6.54 Å². The van der Waals surface area contributed by atoms with E-state index >= 15 is 0 Å². The Bertz CT molecular complexity index is 520. The van der Waals surface area contributed by atoms with Crippen molar-refractivity contribution in [2.24, 2.45) is 0 Å². The van der Waals surface area contributed by atoms with Crippen LogP contribution in [0, 0.1) is 6.92 Å². The number of rotatable bonds is 3. The highest BCUT2D eigenvalue weighted by molar-refractivity contribution is 5.19. The van der Waals surface area contributed by atoms with Gasteiger partial charge in [-0.15, -0.1) is 0 Å². The van der Waals surface area contributed by atoms with Crippen LogP contribution in [0.1, 0.15) is 42.1 Å². The van der Waals surface area contributed by atoms with E-state index in [-0.39, 0.29) is 0 Å². The molecule has 4 heteroatoms. The number of aromatic amines is 1. The summed E-state index contributed by atoms with van der Waals surface area (Å²) in [6.45, 7) is 4.29. The molecule has 3 heterocycles. The zero-order valence-corrected chi connectivity index (χ0v) is 11.3. The van der Waals surface area contributed by atoms with Gasteiger partial charge in [-0.05, 0) is 49.6 Å². The monoisotopic (exact) mass is 256 g/mol. The minimum atomic E-state index is 0.476. The number of hydrogen-bond acceptors (Lipinski definition) is 3. The van der Waals surface area contributed by atoms with Crippen LogP contribution in [0.4, 0.5) is 0 Å². The number of aryl methyl sites for hydroxylation is 1. The van der Waals surface area contributed by atoms with Crippen molar-refractivity contribution in [3.05, 3.63) is 47.5 Å². The highest BCUT2D eigenvalue weighted by atomic mass is 15.2. The lowest BCUT2D eigenvalue weighted by Crippen LogP contribution is -2.33. The predicted molar refractivity (Wildman–Crippen MR) is 74.6 cm³/mol. The summed E-state index contributed by atoms with van der Waals surface area (Å²) in [5.41, 5.74) is 3.89. The van der Waals surface area contributed by atoms with Crippen molar-refractivity contribution in [3.8, 4) is 0 Å². The first kappa shape index (κ1) is 12.4. The molecule has 0 amide bonds. The van der Waals surface area contributed by atoms with Crippen LogP contribution in [0.25, 0.3) is 0 Å². The van der Waals surface area contributed by atoms with E-state index in [9.17, 15) is 0 Å². The lowest BCUT2D eigenvalue weighted by atomic mass is 9.97. The highest BCUT2D eigenvalue weighted by Crippen LogP contribution is 2.32. The molecular weight excluding hydrogens is 236 g/mol. The Kier molecular flexibility index (Phi) is 3.60. The highest BCUT2D eigenvalue weighted by Gasteiger charge is 2.26. The van der Waals surface area contributed by atoms with Crippen LogP contribution in [0.2, 0.25) is 0 Å². The minimum Gasteiger partial charge on any atom is -0.291 e. The molecule has 1 aliphatic rings. The summed E-state index contributed by atoms with van der Waals surface area (Å²) in [7, 11) is 0. The summed E-state index contributed by atoms with van der Waals surface area (Å²) < 4.78 is 0. The largest absolute Gasteiger partial charge is 0.291 e. The van der Waals surface area contributed by atoms with E-state index < -0.39 is 0 Å². The molecule has 1 aliphatic heterocycles. The molecule has 1 saturated heterocycles. The quantitative estimate of drug-likeness (QED) is 0.918. The number of likely N-dealkylation sites (tertiary alicyclic amines) is 1. The number of pyridine rings is 1. The van der Waals surface area contributed by atoms with E-state index in [1.165, 1.54) is 36.1 Å². The summed E-state index contributed by atoms with van der Waals surface area (Å²) in [4.78, 5) is 6.64. The van der Waals surface area contributed by atoms with E-state index in [1.54, 1.807) is 0 Å². The maximum Gasteiger partial charge on any atom is 0.0553 e. The number of hydrogen-bond donors (Lipinski definition) is 1. The van der Waals surface area contributed by atoms with E-state index in [0.717, 1.165) is 13.1 Å². The molecule has 19 heavy (non-hydrogen) atoms. The maximum atomic E-state index is 4.18. The van der Waals surface area contributed by atoms with Gasteiger partial charge in [0.2, 0.25) is 0 Å². The van der Waals surface area contributed by atoms with E-state index in [0.29, 0.717) is 6.04 Å². The van der Waals surface area contributed by atoms with E-state index in [4.69, 9.17) is 0 Å². The average molecular weight is 256 g/mol. The third-order valence-corrected chi connectivity index (χ3v) is 3.95. The van der Waals surface area contributed by atoms with Gasteiger partial charge in [0.1, 0.15) is 0 Å². The average Bonchev–Trinajstić information content (AvgIpc) is 2.87. The normalized spacial score (nSPS) is 20.6. The lowest BCUT2D eigenvalue weighted by molar-refractivity contribution is 0.136. The predicted octanol–water partition coefficient (Wildman–Crippen LogP) is 2.84. The first-order chi connectivity index (χ1) is 9.34. The van der Waals surface area contributed by atoms with Crippen molar-refractivity contribution >= 4 is 0 Å². The van der Waals surface area contributed by atoms with Crippen molar-refractivity contribution < 1.29 is 0 Å². The smallest absolute Gasteiger partial charge is 0.0553 e. The van der Waals surface area contributed by atoms with Crippen molar-refractivity contribution in [1.29, 1.82) is 0 Å². The fourth-order valence-corrected chi connectivity index (χ4v) is 2.92. The van der Waals surface area contributed by atoms with Crippen LogP contribution in [0.3, 0.4) is 0 Å². The first-order valence-electron chi connectivity index (χ1n) is 6.97. The molecule has 2 aromatic rings. The summed E-state index contributed by atoms with van der Waals surface area (Å²) in [5.74, 6) is 0. The van der Waals surface area contributed by atoms with Crippen molar-refractivity contribution in [3.63, 3.8) is 0 Å². The van der Waals surface area contributed by atoms with Gasteiger partial charge in [0, 0.05) is 18.9 Å². The fourth-order valence-electron chi connectivity index (χ4n) is 2.92. The molecule has 1 atom stereocenters. The zero-order valence-electron chi connectivity index (χ0n) is 11.3. The molecule has 3 rings (SSSR count). The van der Waals surface area contributed by atoms with Gasteiger partial charge in [0.05, 0.1) is 17.9 Å². The third-order valence-electron chi connectivity index (χ3n) is 3.95. The van der Waals surface area contributed by atoms with Gasteiger partial charge >= 0.3 is 0 Å². The van der Waals surface area contributed by atoms with Crippen molar-refractivity contribution in [2.45, 2.75) is 38.8 Å². The van der Waals surface area contributed by atoms with Gasteiger partial charge in [-0.25, -0.2) is 0 Å². The van der Waals surface area contributed by atoms with Gasteiger partial charge in [0.15, 0.2) is 0 Å². The molecule has 1 N–H and O–H groups in total. The molecule has 0 aliphatic carbocycles. The summed E-state index contributed by atoms with van der Waals surface area (Å²) >= 11 is 0. The SMILES string of the molecule is Cc1cn[nH]c1[C@@H]1CCCCN1Cc1ccncc1. The molecule has 2 aromatic heterocycles. The second-order valence-electron chi connectivity index (χ2n) is 5.30. The molecule has 4 nitrogen and oxygen atoms in total. The summed E-state index contributed by atoms with van der Waals surface area (Å²) in [6.07, 6.45) is 9.47. The zero-order chi connectivity index (χ0) is 13.1. The molecule has 0 spiro atoms. The topological polar surface area (TPSA) is 44.8 Å². The Morgan fingerprint density at radius 1 is 1.32 bits per heavy atom. The lowest BCUT2D eigenvalue weighted by Gasteiger charge is -2.35. The van der Waals surface area contributed by atoms with Crippen LogP contribution in [0.5, 0.6) is 0 Å². The number of piperidine rings is 1. The van der Waals surface area contributed by atoms with Gasteiger partial charge < -0.3 is 0 Å². The third kappa shape index (κ3) is 2.68. The van der Waals surface area contributed by atoms with Gasteiger partial charge in [-0.3, -0.25) is 15.0 Å². The first-order valence-corrected chi connectivity index (χ1v) is 6.97. The fraction of sp³-hybridized carbons (Fsp3) is 0.467. The van der Waals surface area contributed by atoms with Gasteiger partial charge in [-0.1, -0.05) is 6.42 Å². The van der Waals surface area contributed by atoms with Crippen LogP contribution in [-0.4, -0.2) is 26.6 Å². The molecule has 0 unspecified atom stereocenters. The molecule has 0 aromatic carbocycles. The van der Waals surface area contributed by atoms with Crippen LogP contribution < -0.4 is 0 Å².